The van der Waals surface area contributed by atoms with Gasteiger partial charge >= 0.3 is 0 Å². The molecule has 1 heterocycles. The average molecular weight is 272 g/mol. The Bertz CT molecular complexity index is 359. The maximum absolute atomic E-state index is 5.94. The molecule has 4 heteroatoms. The van der Waals surface area contributed by atoms with E-state index in [-0.39, 0.29) is 18.5 Å². The van der Waals surface area contributed by atoms with E-state index in [0.29, 0.717) is 12.6 Å². The van der Waals surface area contributed by atoms with Crippen LogP contribution in [0.15, 0.2) is 24.3 Å². The van der Waals surface area contributed by atoms with Crippen molar-refractivity contribution in [3.8, 4) is 11.5 Å². The maximum Gasteiger partial charge on any atom is 0.161 e. The van der Waals surface area contributed by atoms with Crippen LogP contribution in [0.3, 0.4) is 0 Å². The van der Waals surface area contributed by atoms with E-state index in [4.69, 9.17) is 9.47 Å². The normalized spacial score (nSPS) is 18.9. The molecule has 0 saturated carbocycles. The molecule has 1 N–H and O–H groups in total. The van der Waals surface area contributed by atoms with Gasteiger partial charge in [-0.05, 0) is 32.0 Å². The first-order valence-electron chi connectivity index (χ1n) is 6.43. The van der Waals surface area contributed by atoms with E-state index < -0.39 is 0 Å². The van der Waals surface area contributed by atoms with Crippen LogP contribution in [0.25, 0.3) is 0 Å². The molecular weight excluding hydrogens is 250 g/mol. The Morgan fingerprint density at radius 2 is 2.06 bits per heavy atom. The molecule has 0 fully saturated rings. The van der Waals surface area contributed by atoms with Crippen LogP contribution in [0.1, 0.15) is 26.7 Å². The van der Waals surface area contributed by atoms with Crippen molar-refractivity contribution in [1.82, 2.24) is 5.32 Å². The summed E-state index contributed by atoms with van der Waals surface area (Å²) in [5, 5.41) is 3.48. The molecular formula is C14H22ClNO2. The maximum atomic E-state index is 5.94. The van der Waals surface area contributed by atoms with Crippen LogP contribution in [0, 0.1) is 0 Å². The van der Waals surface area contributed by atoms with Crippen molar-refractivity contribution in [2.45, 2.75) is 38.8 Å². The van der Waals surface area contributed by atoms with Crippen LogP contribution in [0.2, 0.25) is 0 Å². The van der Waals surface area contributed by atoms with Crippen LogP contribution < -0.4 is 14.8 Å². The van der Waals surface area contributed by atoms with Crippen molar-refractivity contribution in [2.75, 3.05) is 13.2 Å². The summed E-state index contributed by atoms with van der Waals surface area (Å²) >= 11 is 0. The van der Waals surface area contributed by atoms with Crippen molar-refractivity contribution in [2.24, 2.45) is 0 Å². The summed E-state index contributed by atoms with van der Waals surface area (Å²) in [5.41, 5.74) is 0. The summed E-state index contributed by atoms with van der Waals surface area (Å²) in [6.45, 7) is 6.01. The Labute approximate surface area is 115 Å². The van der Waals surface area contributed by atoms with E-state index in [1.54, 1.807) is 0 Å². The van der Waals surface area contributed by atoms with Crippen molar-refractivity contribution in [1.29, 1.82) is 0 Å². The quantitative estimate of drug-likeness (QED) is 0.835. The van der Waals surface area contributed by atoms with Gasteiger partial charge in [0.1, 0.15) is 12.7 Å². The Morgan fingerprint density at radius 3 is 2.78 bits per heavy atom. The number of fused-ring (bicyclic) bond motifs is 1. The van der Waals surface area contributed by atoms with Gasteiger partial charge in [0.15, 0.2) is 11.5 Å². The number of halogens is 1. The smallest absolute Gasteiger partial charge is 0.161 e. The molecule has 1 aliphatic heterocycles. The molecule has 2 unspecified atom stereocenters. The van der Waals surface area contributed by atoms with Crippen LogP contribution in [-0.2, 0) is 0 Å². The number of nitrogens with one attached hydrogen (secondary N) is 1. The molecule has 2 rings (SSSR count). The second-order valence-corrected chi connectivity index (χ2v) is 4.51. The molecule has 18 heavy (non-hydrogen) atoms. The lowest BCUT2D eigenvalue weighted by Crippen LogP contribution is -2.46. The first kappa shape index (κ1) is 15.1. The van der Waals surface area contributed by atoms with Gasteiger partial charge in [-0.3, -0.25) is 0 Å². The van der Waals surface area contributed by atoms with Crippen LogP contribution >= 0.6 is 12.4 Å². The first-order chi connectivity index (χ1) is 8.31. The zero-order valence-electron chi connectivity index (χ0n) is 11.0. The summed E-state index contributed by atoms with van der Waals surface area (Å²) in [4.78, 5) is 0. The molecule has 0 bridgehead atoms. The molecule has 0 amide bonds. The zero-order chi connectivity index (χ0) is 12.1. The largest absolute Gasteiger partial charge is 0.486 e. The average Bonchev–Trinajstić information content (AvgIpc) is 2.38. The van der Waals surface area contributed by atoms with Gasteiger partial charge in [-0.15, -0.1) is 12.4 Å². The van der Waals surface area contributed by atoms with Gasteiger partial charge in [0.2, 0.25) is 0 Å². The third-order valence-corrected chi connectivity index (χ3v) is 3.08. The lowest BCUT2D eigenvalue weighted by molar-refractivity contribution is 0.0667. The molecule has 0 aromatic heterocycles. The molecule has 0 aliphatic carbocycles. The third kappa shape index (κ3) is 3.79. The lowest BCUT2D eigenvalue weighted by Gasteiger charge is -2.30. The minimum Gasteiger partial charge on any atom is -0.486 e. The number of para-hydroxylation sites is 2. The Hall–Kier alpha value is -0.930. The van der Waals surface area contributed by atoms with Gasteiger partial charge in [-0.25, -0.2) is 0 Å². The number of ether oxygens (including phenoxy) is 2. The number of rotatable bonds is 5. The topological polar surface area (TPSA) is 30.5 Å². The molecule has 1 aromatic carbocycles. The van der Waals surface area contributed by atoms with E-state index >= 15 is 0 Å². The molecule has 0 spiro atoms. The fourth-order valence-corrected chi connectivity index (χ4v) is 1.92. The molecule has 0 saturated heterocycles. The van der Waals surface area contributed by atoms with E-state index in [2.05, 4.69) is 19.2 Å². The number of hydrogen-bond donors (Lipinski definition) is 1. The highest BCUT2D eigenvalue weighted by molar-refractivity contribution is 5.85. The predicted octanol–water partition coefficient (Wildman–Crippen LogP) is 3.03. The van der Waals surface area contributed by atoms with Crippen molar-refractivity contribution in [3.63, 3.8) is 0 Å². The summed E-state index contributed by atoms with van der Waals surface area (Å²) in [6.07, 6.45) is 2.51. The summed E-state index contributed by atoms with van der Waals surface area (Å²) in [7, 11) is 0. The predicted molar refractivity (Wildman–Crippen MR) is 76.0 cm³/mol. The minimum absolute atomic E-state index is 0. The standard InChI is InChI=1S/C14H21NO2.ClH/c1-3-4-9-15-11(2)14-10-16-12-7-5-6-8-13(12)17-14;/h5-8,11,14-15H,3-4,9-10H2,1-2H3;1H. The van der Waals surface area contributed by atoms with Gasteiger partial charge in [0.05, 0.1) is 0 Å². The summed E-state index contributed by atoms with van der Waals surface area (Å²) in [6, 6.07) is 8.15. The fourth-order valence-electron chi connectivity index (χ4n) is 1.92. The van der Waals surface area contributed by atoms with Gasteiger partial charge in [0, 0.05) is 6.04 Å². The number of unbranched alkanes of at least 4 members (excludes halogenated alkanes) is 1. The fraction of sp³-hybridized carbons (Fsp3) is 0.571. The number of benzene rings is 1. The molecule has 1 aliphatic rings. The van der Waals surface area contributed by atoms with Gasteiger partial charge in [0.25, 0.3) is 0 Å². The van der Waals surface area contributed by atoms with Gasteiger partial charge < -0.3 is 14.8 Å². The minimum atomic E-state index is 0. The highest BCUT2D eigenvalue weighted by atomic mass is 35.5. The Balaban J connectivity index is 0.00000162. The number of hydrogen-bond acceptors (Lipinski definition) is 3. The molecule has 2 atom stereocenters. The molecule has 0 radical (unpaired) electrons. The van der Waals surface area contributed by atoms with E-state index in [1.165, 1.54) is 12.8 Å². The summed E-state index contributed by atoms with van der Waals surface area (Å²) < 4.78 is 11.6. The van der Waals surface area contributed by atoms with E-state index in [9.17, 15) is 0 Å². The highest BCUT2D eigenvalue weighted by Crippen LogP contribution is 2.31. The lowest BCUT2D eigenvalue weighted by atomic mass is 10.1. The second kappa shape index (κ2) is 7.49. The highest BCUT2D eigenvalue weighted by Gasteiger charge is 2.25. The molecule has 102 valence electrons. The zero-order valence-corrected chi connectivity index (χ0v) is 11.8. The second-order valence-electron chi connectivity index (χ2n) is 4.51. The van der Waals surface area contributed by atoms with Crippen LogP contribution in [0.4, 0.5) is 0 Å². The van der Waals surface area contributed by atoms with Crippen molar-refractivity contribution < 1.29 is 9.47 Å². The van der Waals surface area contributed by atoms with Gasteiger partial charge in [-0.1, -0.05) is 25.5 Å². The Morgan fingerprint density at radius 1 is 1.33 bits per heavy atom. The SMILES string of the molecule is CCCCNC(C)C1COc2ccccc2O1.Cl. The van der Waals surface area contributed by atoms with Crippen molar-refractivity contribution >= 4 is 12.4 Å². The third-order valence-electron chi connectivity index (χ3n) is 3.08. The monoisotopic (exact) mass is 271 g/mol. The Kier molecular flexibility index (Phi) is 6.30. The molecule has 3 nitrogen and oxygen atoms in total. The van der Waals surface area contributed by atoms with E-state index in [1.807, 2.05) is 24.3 Å². The summed E-state index contributed by atoms with van der Waals surface area (Å²) in [5.74, 6) is 1.71. The van der Waals surface area contributed by atoms with Gasteiger partial charge in [-0.2, -0.15) is 0 Å². The first-order valence-corrected chi connectivity index (χ1v) is 6.43. The van der Waals surface area contributed by atoms with E-state index in [0.717, 1.165) is 18.0 Å². The van der Waals surface area contributed by atoms with Crippen LogP contribution in [-0.4, -0.2) is 25.3 Å². The van der Waals surface area contributed by atoms with Crippen LogP contribution in [0.5, 0.6) is 11.5 Å². The van der Waals surface area contributed by atoms with Crippen molar-refractivity contribution in [3.05, 3.63) is 24.3 Å². The molecule has 1 aromatic rings.